The fraction of sp³-hybridized carbons (Fsp3) is 0.167. The zero-order valence-electron chi connectivity index (χ0n) is 6.83. The molecule has 0 unspecified atom stereocenters. The number of aromatic carboxylic acids is 1. The second kappa shape index (κ2) is 3.26. The van der Waals surface area contributed by atoms with Crippen molar-refractivity contribution < 1.29 is 23.1 Å². The number of carboxylic acid groups (broad SMARTS) is 1. The van der Waals surface area contributed by atoms with Crippen LogP contribution >= 0.6 is 0 Å². The second-order valence-electron chi connectivity index (χ2n) is 2.43. The van der Waals surface area contributed by atoms with Gasteiger partial charge < -0.3 is 5.11 Å². The minimum absolute atomic E-state index is 0.178. The number of H-pyrrole nitrogens is 1. The van der Waals surface area contributed by atoms with Gasteiger partial charge >= 0.3 is 18.0 Å². The highest BCUT2D eigenvalue weighted by molar-refractivity contribution is 5.85. The Morgan fingerprint density at radius 1 is 1.40 bits per heavy atom. The maximum absolute atomic E-state index is 12.2. The van der Waals surface area contributed by atoms with Gasteiger partial charge in [0.2, 0.25) is 0 Å². The maximum Gasteiger partial charge on any atom is 0.493 e. The fourth-order valence-electron chi connectivity index (χ4n) is 0.905. The summed E-state index contributed by atoms with van der Waals surface area (Å²) >= 11 is 0. The number of nitrogens with one attached hydrogen (secondary N) is 1. The zero-order chi connectivity index (χ0) is 11.8. The van der Waals surface area contributed by atoms with Crippen LogP contribution in [0.5, 0.6) is 0 Å². The molecule has 0 saturated heterocycles. The molecule has 1 aromatic rings. The molecule has 9 heteroatoms. The monoisotopic (exact) mass is 224 g/mol. The van der Waals surface area contributed by atoms with Gasteiger partial charge in [0.15, 0.2) is 0 Å². The van der Waals surface area contributed by atoms with Gasteiger partial charge in [-0.15, -0.1) is 13.2 Å². The van der Waals surface area contributed by atoms with Gasteiger partial charge in [0, 0.05) is 6.07 Å². The lowest BCUT2D eigenvalue weighted by molar-refractivity contribution is -0.208. The SMILES string of the molecule is O=C(O)c1cc(=O)[nH]c(=O)n1C(F)(F)F. The van der Waals surface area contributed by atoms with E-state index in [1.807, 2.05) is 0 Å². The van der Waals surface area contributed by atoms with Gasteiger partial charge in [-0.3, -0.25) is 9.78 Å². The number of hydrogen-bond acceptors (Lipinski definition) is 3. The lowest BCUT2D eigenvalue weighted by Gasteiger charge is -2.11. The van der Waals surface area contributed by atoms with Gasteiger partial charge in [0.25, 0.3) is 5.56 Å². The molecule has 0 aliphatic heterocycles. The molecule has 0 aliphatic carbocycles. The molecule has 0 aromatic carbocycles. The molecule has 0 fully saturated rings. The first-order chi connectivity index (χ1) is 6.73. The van der Waals surface area contributed by atoms with Crippen LogP contribution in [-0.4, -0.2) is 20.6 Å². The third-order valence-corrected chi connectivity index (χ3v) is 1.41. The van der Waals surface area contributed by atoms with Crippen LogP contribution in [0.2, 0.25) is 0 Å². The lowest BCUT2D eigenvalue weighted by Crippen LogP contribution is -2.40. The third kappa shape index (κ3) is 2.06. The standard InChI is InChI=1S/C6H3F3N2O4/c7-6(8,9)11-2(4(13)14)1-3(12)10-5(11)15/h1H,(H,13,14)(H,10,12,15). The molecule has 1 heterocycles. The van der Waals surface area contributed by atoms with Crippen molar-refractivity contribution in [2.45, 2.75) is 6.30 Å². The number of halogens is 3. The number of aromatic amines is 1. The smallest absolute Gasteiger partial charge is 0.477 e. The highest BCUT2D eigenvalue weighted by Crippen LogP contribution is 2.20. The molecule has 1 rings (SSSR count). The third-order valence-electron chi connectivity index (χ3n) is 1.41. The van der Waals surface area contributed by atoms with E-state index in [0.29, 0.717) is 0 Å². The molecular formula is C6H3F3N2O4. The number of carboxylic acids is 1. The Labute approximate surface area is 78.6 Å². The summed E-state index contributed by atoms with van der Waals surface area (Å²) in [5, 5.41) is 8.37. The molecule has 0 aliphatic rings. The van der Waals surface area contributed by atoms with Crippen molar-refractivity contribution in [3.8, 4) is 0 Å². The number of aromatic nitrogens is 2. The van der Waals surface area contributed by atoms with Crippen LogP contribution in [-0.2, 0) is 6.30 Å². The first-order valence-corrected chi connectivity index (χ1v) is 3.40. The summed E-state index contributed by atoms with van der Waals surface area (Å²) in [7, 11) is 0. The van der Waals surface area contributed by atoms with E-state index in [9.17, 15) is 27.6 Å². The number of carbonyl (C=O) groups is 1. The highest BCUT2D eigenvalue weighted by Gasteiger charge is 2.36. The van der Waals surface area contributed by atoms with E-state index in [1.165, 1.54) is 4.98 Å². The number of alkyl halides is 3. The van der Waals surface area contributed by atoms with Gasteiger partial charge in [0.1, 0.15) is 5.69 Å². The molecule has 15 heavy (non-hydrogen) atoms. The second-order valence-corrected chi connectivity index (χ2v) is 2.43. The molecule has 0 amide bonds. The summed E-state index contributed by atoms with van der Waals surface area (Å²) in [4.78, 5) is 33.0. The van der Waals surface area contributed by atoms with Crippen LogP contribution < -0.4 is 11.2 Å². The summed E-state index contributed by atoms with van der Waals surface area (Å²) in [5.74, 6) is -2.02. The molecule has 0 spiro atoms. The average Bonchev–Trinajstić information content (AvgIpc) is 1.99. The van der Waals surface area contributed by atoms with E-state index in [0.717, 1.165) is 0 Å². The fourth-order valence-corrected chi connectivity index (χ4v) is 0.905. The largest absolute Gasteiger partial charge is 0.493 e. The molecule has 1 aromatic heterocycles. The van der Waals surface area contributed by atoms with E-state index >= 15 is 0 Å². The molecule has 82 valence electrons. The van der Waals surface area contributed by atoms with Crippen molar-refractivity contribution in [1.29, 1.82) is 0 Å². The molecule has 0 bridgehead atoms. The van der Waals surface area contributed by atoms with Crippen LogP contribution in [0, 0.1) is 0 Å². The van der Waals surface area contributed by atoms with Gasteiger partial charge in [0.05, 0.1) is 0 Å². The van der Waals surface area contributed by atoms with Gasteiger partial charge in [-0.25, -0.2) is 9.59 Å². The normalized spacial score (nSPS) is 11.4. The predicted octanol–water partition coefficient (Wildman–Crippen LogP) is -0.289. The molecule has 0 saturated carbocycles. The van der Waals surface area contributed by atoms with Crippen LogP contribution in [0.4, 0.5) is 13.2 Å². The first kappa shape index (κ1) is 11.0. The molecule has 0 atom stereocenters. The van der Waals surface area contributed by atoms with Crippen molar-refractivity contribution in [2.75, 3.05) is 0 Å². The molecular weight excluding hydrogens is 221 g/mol. The number of hydrogen-bond donors (Lipinski definition) is 2. The molecule has 0 radical (unpaired) electrons. The maximum atomic E-state index is 12.2. The summed E-state index contributed by atoms with van der Waals surface area (Å²) in [6.45, 7) is 0. The Kier molecular flexibility index (Phi) is 2.39. The van der Waals surface area contributed by atoms with Crippen molar-refractivity contribution in [3.05, 3.63) is 32.6 Å². The van der Waals surface area contributed by atoms with E-state index < -0.39 is 33.8 Å². The van der Waals surface area contributed by atoms with Crippen LogP contribution in [0.25, 0.3) is 0 Å². The average molecular weight is 224 g/mol. The van der Waals surface area contributed by atoms with E-state index in [4.69, 9.17) is 5.11 Å². The van der Waals surface area contributed by atoms with Gasteiger partial charge in [-0.05, 0) is 0 Å². The van der Waals surface area contributed by atoms with E-state index in [-0.39, 0.29) is 6.07 Å². The lowest BCUT2D eigenvalue weighted by atomic mass is 10.4. The van der Waals surface area contributed by atoms with Crippen molar-refractivity contribution >= 4 is 5.97 Å². The Hall–Kier alpha value is -2.06. The summed E-state index contributed by atoms with van der Waals surface area (Å²) in [6.07, 6.45) is -5.20. The summed E-state index contributed by atoms with van der Waals surface area (Å²) < 4.78 is 35.6. The Bertz CT molecular complexity index is 512. The Morgan fingerprint density at radius 2 is 1.93 bits per heavy atom. The summed E-state index contributed by atoms with van der Waals surface area (Å²) in [6, 6.07) is 0.178. The van der Waals surface area contributed by atoms with Crippen LogP contribution in [0.15, 0.2) is 15.7 Å². The number of nitrogens with zero attached hydrogens (tertiary/aromatic N) is 1. The predicted molar refractivity (Wildman–Crippen MR) is 39.6 cm³/mol. The van der Waals surface area contributed by atoms with Crippen LogP contribution in [0.1, 0.15) is 10.5 Å². The highest BCUT2D eigenvalue weighted by atomic mass is 19.4. The minimum Gasteiger partial charge on any atom is -0.477 e. The van der Waals surface area contributed by atoms with Gasteiger partial charge in [-0.2, -0.15) is 4.57 Å². The molecule has 2 N–H and O–H groups in total. The molecule has 6 nitrogen and oxygen atoms in total. The van der Waals surface area contributed by atoms with E-state index in [1.54, 1.807) is 0 Å². The van der Waals surface area contributed by atoms with Crippen molar-refractivity contribution in [3.63, 3.8) is 0 Å². The van der Waals surface area contributed by atoms with Crippen molar-refractivity contribution in [2.24, 2.45) is 0 Å². The first-order valence-electron chi connectivity index (χ1n) is 3.40. The van der Waals surface area contributed by atoms with Crippen molar-refractivity contribution in [1.82, 2.24) is 9.55 Å². The quantitative estimate of drug-likeness (QED) is 0.685. The number of rotatable bonds is 1. The van der Waals surface area contributed by atoms with Crippen LogP contribution in [0.3, 0.4) is 0 Å². The topological polar surface area (TPSA) is 92.2 Å². The summed E-state index contributed by atoms with van der Waals surface area (Å²) in [5.41, 5.74) is -4.48. The van der Waals surface area contributed by atoms with E-state index in [2.05, 4.69) is 0 Å². The Balaban J connectivity index is 3.70. The Morgan fingerprint density at radius 3 is 2.33 bits per heavy atom. The zero-order valence-corrected chi connectivity index (χ0v) is 6.83. The van der Waals surface area contributed by atoms with Gasteiger partial charge in [-0.1, -0.05) is 0 Å². The minimum atomic E-state index is -5.20.